The monoisotopic (exact) mass is 210 g/mol. The highest BCUT2D eigenvalue weighted by molar-refractivity contribution is 7.10. The van der Waals surface area contributed by atoms with E-state index < -0.39 is 0 Å². The van der Waals surface area contributed by atoms with Crippen LogP contribution in [0.25, 0.3) is 0 Å². The van der Waals surface area contributed by atoms with Crippen LogP contribution < -0.4 is 10.6 Å². The first-order chi connectivity index (χ1) is 6.72. The van der Waals surface area contributed by atoms with Crippen LogP contribution in [-0.4, -0.2) is 17.5 Å². The van der Waals surface area contributed by atoms with Crippen molar-refractivity contribution in [2.45, 2.75) is 13.3 Å². The van der Waals surface area contributed by atoms with Gasteiger partial charge in [0.25, 0.3) is 0 Å². The van der Waals surface area contributed by atoms with Crippen LogP contribution >= 0.6 is 11.5 Å². The summed E-state index contributed by atoms with van der Waals surface area (Å²) >= 11 is 1.12. The minimum Gasteiger partial charge on any atom is -0.341 e. The largest absolute Gasteiger partial charge is 0.341 e. The molecule has 0 aliphatic carbocycles. The Bertz CT molecular complexity index is 379. The molecule has 2 amide bonds. The van der Waals surface area contributed by atoms with Crippen molar-refractivity contribution in [1.82, 2.24) is 9.69 Å². The predicted molar refractivity (Wildman–Crippen MR) is 54.3 cm³/mol. The van der Waals surface area contributed by atoms with Crippen LogP contribution in [0.2, 0.25) is 0 Å². The summed E-state index contributed by atoms with van der Waals surface area (Å²) in [5, 5.41) is 14.3. The molecule has 5 nitrogen and oxygen atoms in total. The minimum absolute atomic E-state index is 0.340. The van der Waals surface area contributed by atoms with Crippen LogP contribution in [0.15, 0.2) is 0 Å². The highest BCUT2D eigenvalue weighted by atomic mass is 32.1. The lowest BCUT2D eigenvalue weighted by atomic mass is 10.2. The number of aromatic nitrogens is 1. The third kappa shape index (κ3) is 2.00. The van der Waals surface area contributed by atoms with E-state index in [1.807, 2.05) is 13.0 Å². The van der Waals surface area contributed by atoms with Crippen molar-refractivity contribution >= 4 is 22.6 Å². The zero-order chi connectivity index (χ0) is 10.6. The van der Waals surface area contributed by atoms with Crippen LogP contribution in [0.4, 0.5) is 9.80 Å². The highest BCUT2D eigenvalue weighted by Gasteiger charge is 2.13. The molecule has 0 aromatic carbocycles. The van der Waals surface area contributed by atoms with Crippen molar-refractivity contribution in [1.29, 1.82) is 5.26 Å². The predicted octanol–water partition coefficient (Wildman–Crippen LogP) is 1.33. The van der Waals surface area contributed by atoms with E-state index in [1.54, 1.807) is 0 Å². The Hall–Kier alpha value is -1.61. The number of nitriles is 1. The lowest BCUT2D eigenvalue weighted by Gasteiger charge is -1.99. The van der Waals surface area contributed by atoms with Gasteiger partial charge in [-0.05, 0) is 18.0 Å². The topological polar surface area (TPSA) is 77.8 Å². The molecule has 1 heterocycles. The van der Waals surface area contributed by atoms with Gasteiger partial charge in [-0.25, -0.2) is 4.79 Å². The fraction of sp³-hybridized carbons (Fsp3) is 0.375. The normalized spacial score (nSPS) is 9.21. The molecule has 0 saturated heterocycles. The Kier molecular flexibility index (Phi) is 3.42. The maximum Gasteiger partial charge on any atom is 0.319 e. The number of amides is 2. The Morgan fingerprint density at radius 1 is 1.71 bits per heavy atom. The number of nitrogens with zero attached hydrogens (tertiary/aromatic N) is 2. The van der Waals surface area contributed by atoms with Crippen molar-refractivity contribution in [3.8, 4) is 6.07 Å². The first-order valence-electron chi connectivity index (χ1n) is 4.10. The van der Waals surface area contributed by atoms with Gasteiger partial charge in [0.2, 0.25) is 0 Å². The number of aryl methyl sites for hydroxylation is 1. The molecule has 0 aliphatic rings. The Morgan fingerprint density at radius 3 is 2.93 bits per heavy atom. The van der Waals surface area contributed by atoms with Crippen molar-refractivity contribution in [3.63, 3.8) is 0 Å². The lowest BCUT2D eigenvalue weighted by Crippen LogP contribution is -2.24. The van der Waals surface area contributed by atoms with Gasteiger partial charge in [-0.2, -0.15) is 9.64 Å². The van der Waals surface area contributed by atoms with E-state index in [-0.39, 0.29) is 6.03 Å². The zero-order valence-electron chi connectivity index (χ0n) is 7.92. The van der Waals surface area contributed by atoms with Gasteiger partial charge in [0.1, 0.15) is 16.6 Å². The molecule has 0 bridgehead atoms. The summed E-state index contributed by atoms with van der Waals surface area (Å²) in [7, 11) is 1.52. The standard InChI is InChI=1S/C8H10N4OS/c1-3-6-5(4-9)7(14-12-6)11-8(13)10-2/h3H2,1-2H3,(H2,10,11,13). The summed E-state index contributed by atoms with van der Waals surface area (Å²) in [6, 6.07) is 1.69. The molecular formula is C8H10N4OS. The average molecular weight is 210 g/mol. The van der Waals surface area contributed by atoms with Crippen LogP contribution in [0.1, 0.15) is 18.2 Å². The van der Waals surface area contributed by atoms with Gasteiger partial charge in [0, 0.05) is 7.05 Å². The Balaban J connectivity index is 2.93. The van der Waals surface area contributed by atoms with Crippen molar-refractivity contribution in [2.24, 2.45) is 0 Å². The van der Waals surface area contributed by atoms with Gasteiger partial charge >= 0.3 is 6.03 Å². The summed E-state index contributed by atoms with van der Waals surface area (Å²) in [5.41, 5.74) is 1.19. The van der Waals surface area contributed by atoms with Gasteiger partial charge < -0.3 is 5.32 Å². The SMILES string of the molecule is CCc1nsc(NC(=O)NC)c1C#N. The van der Waals surface area contributed by atoms with Gasteiger partial charge in [0.15, 0.2) is 0 Å². The molecule has 1 aromatic heterocycles. The Morgan fingerprint density at radius 2 is 2.43 bits per heavy atom. The second kappa shape index (κ2) is 4.58. The number of rotatable bonds is 2. The summed E-state index contributed by atoms with van der Waals surface area (Å²) in [6.07, 6.45) is 0.689. The summed E-state index contributed by atoms with van der Waals surface area (Å²) in [5.74, 6) is 0. The van der Waals surface area contributed by atoms with E-state index in [2.05, 4.69) is 15.0 Å². The number of carbonyl (C=O) groups is 1. The van der Waals surface area contributed by atoms with E-state index in [0.29, 0.717) is 17.0 Å². The maximum atomic E-state index is 11.0. The molecule has 0 fully saturated rings. The van der Waals surface area contributed by atoms with E-state index in [1.165, 1.54) is 7.05 Å². The second-order valence-corrected chi connectivity index (χ2v) is 3.28. The molecule has 1 rings (SSSR count). The van der Waals surface area contributed by atoms with Gasteiger partial charge in [-0.15, -0.1) is 0 Å². The number of hydrogen-bond acceptors (Lipinski definition) is 4. The molecule has 0 spiro atoms. The van der Waals surface area contributed by atoms with E-state index in [9.17, 15) is 4.79 Å². The van der Waals surface area contributed by atoms with Crippen LogP contribution in [0, 0.1) is 11.3 Å². The zero-order valence-corrected chi connectivity index (χ0v) is 8.73. The molecule has 74 valence electrons. The third-order valence-electron chi connectivity index (χ3n) is 1.66. The van der Waals surface area contributed by atoms with Crippen molar-refractivity contribution in [3.05, 3.63) is 11.3 Å². The third-order valence-corrected chi connectivity index (χ3v) is 2.46. The molecular weight excluding hydrogens is 200 g/mol. The number of hydrogen-bond donors (Lipinski definition) is 2. The molecule has 2 N–H and O–H groups in total. The minimum atomic E-state index is -0.340. The molecule has 0 aliphatic heterocycles. The molecule has 0 atom stereocenters. The maximum absolute atomic E-state index is 11.0. The van der Waals surface area contributed by atoms with Crippen molar-refractivity contribution in [2.75, 3.05) is 12.4 Å². The van der Waals surface area contributed by atoms with Gasteiger partial charge in [-0.3, -0.25) is 5.32 Å². The molecule has 14 heavy (non-hydrogen) atoms. The molecule has 0 radical (unpaired) electrons. The smallest absolute Gasteiger partial charge is 0.319 e. The lowest BCUT2D eigenvalue weighted by molar-refractivity contribution is 0.254. The first-order valence-corrected chi connectivity index (χ1v) is 4.87. The number of nitrogens with one attached hydrogen (secondary N) is 2. The molecule has 6 heteroatoms. The summed E-state index contributed by atoms with van der Waals surface area (Å²) in [4.78, 5) is 11.0. The fourth-order valence-electron chi connectivity index (χ4n) is 0.931. The van der Waals surface area contributed by atoms with Crippen LogP contribution in [0.5, 0.6) is 0 Å². The van der Waals surface area contributed by atoms with Gasteiger partial charge in [-0.1, -0.05) is 6.92 Å². The van der Waals surface area contributed by atoms with Crippen LogP contribution in [-0.2, 0) is 6.42 Å². The summed E-state index contributed by atoms with van der Waals surface area (Å²) in [6.45, 7) is 1.92. The Labute approximate surface area is 85.9 Å². The fourth-order valence-corrected chi connectivity index (χ4v) is 1.75. The van der Waals surface area contributed by atoms with Crippen molar-refractivity contribution < 1.29 is 4.79 Å². The van der Waals surface area contributed by atoms with E-state index in [0.717, 1.165) is 17.2 Å². The highest BCUT2D eigenvalue weighted by Crippen LogP contribution is 2.24. The molecule has 0 saturated carbocycles. The quantitative estimate of drug-likeness (QED) is 0.773. The summed E-state index contributed by atoms with van der Waals surface area (Å²) < 4.78 is 4.07. The average Bonchev–Trinajstić information content (AvgIpc) is 2.59. The number of carbonyl (C=O) groups excluding carboxylic acids is 1. The second-order valence-electron chi connectivity index (χ2n) is 2.50. The van der Waals surface area contributed by atoms with Crippen LogP contribution in [0.3, 0.4) is 0 Å². The van der Waals surface area contributed by atoms with Gasteiger partial charge in [0.05, 0.1) is 5.69 Å². The molecule has 1 aromatic rings. The number of anilines is 1. The molecule has 0 unspecified atom stereocenters. The van der Waals surface area contributed by atoms with E-state index >= 15 is 0 Å². The first kappa shape index (κ1) is 10.5. The van der Waals surface area contributed by atoms with E-state index in [4.69, 9.17) is 5.26 Å². The number of urea groups is 1.